The van der Waals surface area contributed by atoms with Gasteiger partial charge in [-0.3, -0.25) is 0 Å². The highest BCUT2D eigenvalue weighted by Gasteiger charge is 2.25. The van der Waals surface area contributed by atoms with Crippen LogP contribution in [0.5, 0.6) is 0 Å². The normalized spacial score (nSPS) is 24.6. The molecule has 0 spiro atoms. The fraction of sp³-hybridized carbons (Fsp3) is 0.583. The van der Waals surface area contributed by atoms with Gasteiger partial charge in [0.1, 0.15) is 0 Å². The van der Waals surface area contributed by atoms with E-state index >= 15 is 0 Å². The number of nitrogens with zero attached hydrogens (tertiary/aromatic N) is 1. The van der Waals surface area contributed by atoms with E-state index in [-0.39, 0.29) is 10.9 Å². The molecule has 1 aliphatic rings. The van der Waals surface area contributed by atoms with Crippen LogP contribution in [0.25, 0.3) is 0 Å². The number of nitrogens with one attached hydrogen (secondary N) is 2. The van der Waals surface area contributed by atoms with Crippen LogP contribution in [0, 0.1) is 17.2 Å². The molecule has 0 saturated heterocycles. The predicted octanol–water partition coefficient (Wildman–Crippen LogP) is 1.77. The summed E-state index contributed by atoms with van der Waals surface area (Å²) < 4.78 is 26.7. The number of H-pyrrole nitrogens is 1. The van der Waals surface area contributed by atoms with Crippen LogP contribution >= 0.6 is 0 Å². The summed E-state index contributed by atoms with van der Waals surface area (Å²) in [5.74, 6) is 0.433. The van der Waals surface area contributed by atoms with E-state index in [4.69, 9.17) is 5.26 Å². The summed E-state index contributed by atoms with van der Waals surface area (Å²) in [4.78, 5) is 3.02. The Bertz CT molecular complexity index is 508. The van der Waals surface area contributed by atoms with Crippen LogP contribution in [-0.4, -0.2) is 19.4 Å². The number of hydrogen-bond acceptors (Lipinski definition) is 3. The van der Waals surface area contributed by atoms with Crippen molar-refractivity contribution in [1.82, 2.24) is 9.71 Å². The molecule has 18 heavy (non-hydrogen) atoms. The zero-order chi connectivity index (χ0) is 13.0. The first-order chi connectivity index (χ1) is 8.62. The molecule has 0 amide bonds. The average Bonchev–Trinajstić information content (AvgIpc) is 2.86. The zero-order valence-electron chi connectivity index (χ0n) is 10.1. The molecule has 1 fully saturated rings. The molecule has 0 aromatic carbocycles. The Kier molecular flexibility index (Phi) is 4.04. The fourth-order valence-corrected chi connectivity index (χ4v) is 3.66. The molecule has 0 atom stereocenters. The minimum Gasteiger partial charge on any atom is -0.366 e. The van der Waals surface area contributed by atoms with E-state index in [0.717, 1.165) is 25.7 Å². The van der Waals surface area contributed by atoms with Crippen molar-refractivity contribution in [3.8, 4) is 6.07 Å². The largest absolute Gasteiger partial charge is 0.366 e. The highest BCUT2D eigenvalue weighted by atomic mass is 32.2. The average molecular weight is 267 g/mol. The maximum atomic E-state index is 12.0. The molecule has 1 aromatic heterocycles. The van der Waals surface area contributed by atoms with Gasteiger partial charge in [0.15, 0.2) is 0 Å². The van der Waals surface area contributed by atoms with Crippen LogP contribution in [0.4, 0.5) is 0 Å². The lowest BCUT2D eigenvalue weighted by Crippen LogP contribution is -2.37. The Morgan fingerprint density at radius 2 is 2.11 bits per heavy atom. The minimum absolute atomic E-state index is 0.000146. The molecule has 5 nitrogen and oxygen atoms in total. The molecule has 0 aliphatic heterocycles. The van der Waals surface area contributed by atoms with E-state index < -0.39 is 10.0 Å². The van der Waals surface area contributed by atoms with Crippen molar-refractivity contribution in [2.75, 3.05) is 0 Å². The zero-order valence-corrected chi connectivity index (χ0v) is 10.9. The van der Waals surface area contributed by atoms with Crippen molar-refractivity contribution in [3.63, 3.8) is 0 Å². The first-order valence-corrected chi connectivity index (χ1v) is 7.62. The SMILES string of the molecule is N#CCC1CCC(NS(=O)(=O)c2cc[nH]c2)CC1. The van der Waals surface area contributed by atoms with Gasteiger partial charge < -0.3 is 4.98 Å². The smallest absolute Gasteiger partial charge is 0.242 e. The third-order valence-corrected chi connectivity index (χ3v) is 4.95. The highest BCUT2D eigenvalue weighted by Crippen LogP contribution is 2.27. The molecule has 1 aromatic rings. The summed E-state index contributed by atoms with van der Waals surface area (Å²) in [5.41, 5.74) is 0. The molecule has 1 heterocycles. The van der Waals surface area contributed by atoms with E-state index in [1.54, 1.807) is 12.3 Å². The first-order valence-electron chi connectivity index (χ1n) is 6.14. The molecule has 1 aliphatic carbocycles. The maximum Gasteiger partial charge on any atom is 0.242 e. The second kappa shape index (κ2) is 5.55. The fourth-order valence-electron chi connectivity index (χ4n) is 2.38. The van der Waals surface area contributed by atoms with Crippen LogP contribution in [0.3, 0.4) is 0 Å². The summed E-state index contributed by atoms with van der Waals surface area (Å²) in [5, 5.41) is 8.63. The van der Waals surface area contributed by atoms with Crippen LogP contribution in [-0.2, 0) is 10.0 Å². The summed E-state index contributed by atoms with van der Waals surface area (Å²) in [6.45, 7) is 0. The number of sulfonamides is 1. The molecule has 0 unspecified atom stereocenters. The maximum absolute atomic E-state index is 12.0. The summed E-state index contributed by atoms with van der Waals surface area (Å²) in [7, 11) is -3.39. The predicted molar refractivity (Wildman–Crippen MR) is 67.1 cm³/mol. The summed E-state index contributed by atoms with van der Waals surface area (Å²) >= 11 is 0. The molecule has 0 radical (unpaired) electrons. The Hall–Kier alpha value is -1.32. The minimum atomic E-state index is -3.39. The molecule has 0 bridgehead atoms. The Morgan fingerprint density at radius 3 is 2.67 bits per heavy atom. The van der Waals surface area contributed by atoms with Crippen LogP contribution in [0.1, 0.15) is 32.1 Å². The summed E-state index contributed by atoms with van der Waals surface area (Å²) in [6.07, 6.45) is 7.13. The van der Waals surface area contributed by atoms with Gasteiger partial charge >= 0.3 is 0 Å². The van der Waals surface area contributed by atoms with Gasteiger partial charge in [-0.2, -0.15) is 5.26 Å². The standard InChI is InChI=1S/C12H17N3O2S/c13-7-5-10-1-3-11(4-2-10)15-18(16,17)12-6-8-14-9-12/h6,8-11,14-15H,1-5H2. The first kappa shape index (κ1) is 13.1. The molecule has 2 rings (SSSR count). The highest BCUT2D eigenvalue weighted by molar-refractivity contribution is 7.89. The van der Waals surface area contributed by atoms with Gasteiger partial charge in [-0.15, -0.1) is 0 Å². The van der Waals surface area contributed by atoms with Gasteiger partial charge in [0.05, 0.1) is 11.0 Å². The third-order valence-electron chi connectivity index (χ3n) is 3.43. The van der Waals surface area contributed by atoms with Crippen LogP contribution in [0.2, 0.25) is 0 Å². The number of rotatable bonds is 4. The monoisotopic (exact) mass is 267 g/mol. The van der Waals surface area contributed by atoms with Crippen molar-refractivity contribution in [2.24, 2.45) is 5.92 Å². The van der Waals surface area contributed by atoms with E-state index in [1.165, 1.54) is 6.20 Å². The van der Waals surface area contributed by atoms with E-state index in [0.29, 0.717) is 12.3 Å². The third kappa shape index (κ3) is 3.12. The Balaban J connectivity index is 1.91. The lowest BCUT2D eigenvalue weighted by Gasteiger charge is -2.27. The van der Waals surface area contributed by atoms with Gasteiger partial charge in [-0.05, 0) is 37.7 Å². The Labute approximate surface area is 107 Å². The number of aromatic amines is 1. The van der Waals surface area contributed by atoms with Gasteiger partial charge in [0.2, 0.25) is 10.0 Å². The van der Waals surface area contributed by atoms with Crippen LogP contribution in [0.15, 0.2) is 23.4 Å². The number of aromatic nitrogens is 1. The quantitative estimate of drug-likeness (QED) is 0.871. The van der Waals surface area contributed by atoms with Gasteiger partial charge in [-0.25, -0.2) is 13.1 Å². The van der Waals surface area contributed by atoms with Crippen molar-refractivity contribution < 1.29 is 8.42 Å². The topological polar surface area (TPSA) is 85.8 Å². The molecular weight excluding hydrogens is 250 g/mol. The van der Waals surface area contributed by atoms with Crippen molar-refractivity contribution in [2.45, 2.75) is 43.0 Å². The second-order valence-corrected chi connectivity index (χ2v) is 6.46. The molecule has 2 N–H and O–H groups in total. The van der Waals surface area contributed by atoms with Gasteiger partial charge in [-0.1, -0.05) is 0 Å². The van der Waals surface area contributed by atoms with Crippen molar-refractivity contribution in [1.29, 1.82) is 5.26 Å². The lowest BCUT2D eigenvalue weighted by atomic mass is 9.85. The van der Waals surface area contributed by atoms with E-state index in [9.17, 15) is 8.42 Å². The van der Waals surface area contributed by atoms with Crippen molar-refractivity contribution >= 4 is 10.0 Å². The van der Waals surface area contributed by atoms with E-state index in [1.807, 2.05) is 0 Å². The molecular formula is C12H17N3O2S. The number of hydrogen-bond donors (Lipinski definition) is 2. The lowest BCUT2D eigenvalue weighted by molar-refractivity contribution is 0.317. The molecule has 98 valence electrons. The second-order valence-electron chi connectivity index (χ2n) is 4.75. The van der Waals surface area contributed by atoms with Gasteiger partial charge in [0.25, 0.3) is 0 Å². The molecule has 1 saturated carbocycles. The van der Waals surface area contributed by atoms with Gasteiger partial charge in [0, 0.05) is 24.9 Å². The van der Waals surface area contributed by atoms with Crippen LogP contribution < -0.4 is 4.72 Å². The number of nitriles is 1. The molecule has 6 heteroatoms. The van der Waals surface area contributed by atoms with Crippen molar-refractivity contribution in [3.05, 3.63) is 18.5 Å². The Morgan fingerprint density at radius 1 is 1.39 bits per heavy atom. The van der Waals surface area contributed by atoms with E-state index in [2.05, 4.69) is 15.8 Å². The summed E-state index contributed by atoms with van der Waals surface area (Å²) in [6, 6.07) is 3.73.